The maximum atomic E-state index is 8.92. The second-order valence-electron chi connectivity index (χ2n) is 7.29. The third-order valence-electron chi connectivity index (χ3n) is 5.51. The van der Waals surface area contributed by atoms with Crippen molar-refractivity contribution in [2.24, 2.45) is 0 Å². The van der Waals surface area contributed by atoms with Gasteiger partial charge in [0.05, 0.1) is 18.7 Å². The monoisotopic (exact) mass is 426 g/mol. The highest BCUT2D eigenvalue weighted by atomic mass is 32.2. The molecule has 7 nitrogen and oxygen atoms in total. The minimum Gasteiger partial charge on any atom is -0.395 e. The second-order valence-corrected chi connectivity index (χ2v) is 8.34. The first-order valence-corrected chi connectivity index (χ1v) is 11.5. The minimum atomic E-state index is 0.160. The number of rotatable bonds is 11. The second kappa shape index (κ2) is 9.78. The van der Waals surface area contributed by atoms with Gasteiger partial charge < -0.3 is 20.6 Å². The molecule has 0 radical (unpaired) electrons. The van der Waals surface area contributed by atoms with Gasteiger partial charge in [0.15, 0.2) is 0 Å². The van der Waals surface area contributed by atoms with E-state index < -0.39 is 0 Å². The van der Waals surface area contributed by atoms with Crippen LogP contribution in [0.2, 0.25) is 0 Å². The summed E-state index contributed by atoms with van der Waals surface area (Å²) in [7, 11) is 0. The standard InChI is InChI=1S/C22H30N6OS/c1-3-27(4-2)13-14-28-17-8-7-16(24-11-10-23-12-15-29)22-19(17)21(26-28)20-18(30-22)6-5-9-25-20/h5-9,23-24,29H,3-4,10-15H2,1-2H3. The van der Waals surface area contributed by atoms with E-state index in [0.29, 0.717) is 6.54 Å². The van der Waals surface area contributed by atoms with Crippen molar-refractivity contribution in [1.29, 1.82) is 0 Å². The van der Waals surface area contributed by atoms with E-state index in [2.05, 4.69) is 57.2 Å². The summed E-state index contributed by atoms with van der Waals surface area (Å²) >= 11 is 1.77. The first-order valence-electron chi connectivity index (χ1n) is 10.7. The summed E-state index contributed by atoms with van der Waals surface area (Å²) in [4.78, 5) is 9.44. The number of aromatic nitrogens is 3. The zero-order valence-electron chi connectivity index (χ0n) is 17.7. The van der Waals surface area contributed by atoms with Crippen LogP contribution in [0.3, 0.4) is 0 Å². The van der Waals surface area contributed by atoms with Gasteiger partial charge in [-0.2, -0.15) is 5.10 Å². The molecule has 3 N–H and O–H groups in total. The van der Waals surface area contributed by atoms with E-state index in [1.165, 1.54) is 15.8 Å². The zero-order valence-corrected chi connectivity index (χ0v) is 18.5. The molecule has 0 fully saturated rings. The molecule has 3 aromatic rings. The normalized spacial score (nSPS) is 12.5. The van der Waals surface area contributed by atoms with Crippen molar-refractivity contribution >= 4 is 28.4 Å². The van der Waals surface area contributed by atoms with E-state index in [1.807, 2.05) is 12.3 Å². The van der Waals surface area contributed by atoms with Crippen molar-refractivity contribution in [3.8, 4) is 11.4 Å². The molecule has 0 unspecified atom stereocenters. The lowest BCUT2D eigenvalue weighted by Crippen LogP contribution is -2.27. The molecule has 1 aliphatic heterocycles. The van der Waals surface area contributed by atoms with E-state index in [9.17, 15) is 0 Å². The SMILES string of the molecule is CCN(CC)CCn1nc2c3c(c(NCCNCCO)ccc31)Sc1cccnc1-2. The van der Waals surface area contributed by atoms with Crippen molar-refractivity contribution in [1.82, 2.24) is 25.0 Å². The summed E-state index contributed by atoms with van der Waals surface area (Å²) in [5, 5.41) is 21.9. The Morgan fingerprint density at radius 3 is 2.77 bits per heavy atom. The van der Waals surface area contributed by atoms with Crippen molar-refractivity contribution in [2.45, 2.75) is 30.2 Å². The third kappa shape index (κ3) is 4.18. The summed E-state index contributed by atoms with van der Waals surface area (Å²) in [5.41, 5.74) is 4.25. The molecule has 1 aromatic carbocycles. The molecule has 1 aliphatic rings. The summed E-state index contributed by atoms with van der Waals surface area (Å²) in [6.45, 7) is 10.7. The van der Waals surface area contributed by atoms with Gasteiger partial charge in [0.1, 0.15) is 11.4 Å². The van der Waals surface area contributed by atoms with Crippen LogP contribution in [0, 0.1) is 0 Å². The first-order chi connectivity index (χ1) is 14.8. The lowest BCUT2D eigenvalue weighted by atomic mass is 10.1. The molecule has 0 amide bonds. The Hall–Kier alpha value is -2.13. The molecule has 160 valence electrons. The molecule has 4 rings (SSSR count). The predicted molar refractivity (Wildman–Crippen MR) is 123 cm³/mol. The average Bonchev–Trinajstić information content (AvgIpc) is 3.15. The van der Waals surface area contributed by atoms with Gasteiger partial charge in [-0.15, -0.1) is 0 Å². The van der Waals surface area contributed by atoms with Crippen molar-refractivity contribution in [3.63, 3.8) is 0 Å². The fourth-order valence-electron chi connectivity index (χ4n) is 3.85. The van der Waals surface area contributed by atoms with Crippen LogP contribution >= 0.6 is 11.8 Å². The van der Waals surface area contributed by atoms with Crippen LogP contribution in [0.25, 0.3) is 22.3 Å². The van der Waals surface area contributed by atoms with Crippen LogP contribution < -0.4 is 10.6 Å². The van der Waals surface area contributed by atoms with Crippen molar-refractivity contribution < 1.29 is 5.11 Å². The van der Waals surface area contributed by atoms with Crippen LogP contribution in [0.4, 0.5) is 5.69 Å². The Morgan fingerprint density at radius 1 is 1.10 bits per heavy atom. The highest BCUT2D eigenvalue weighted by Gasteiger charge is 2.26. The highest BCUT2D eigenvalue weighted by molar-refractivity contribution is 8.00. The summed E-state index contributed by atoms with van der Waals surface area (Å²) < 4.78 is 2.14. The number of anilines is 1. The Balaban J connectivity index is 1.68. The van der Waals surface area contributed by atoms with Crippen LogP contribution in [0.1, 0.15) is 13.8 Å². The fraction of sp³-hybridized carbons (Fsp3) is 0.455. The van der Waals surface area contributed by atoms with Crippen LogP contribution in [-0.4, -0.2) is 70.6 Å². The molecule has 3 heterocycles. The number of nitrogens with zero attached hydrogens (tertiary/aromatic N) is 4. The van der Waals surface area contributed by atoms with E-state index in [1.54, 1.807) is 11.8 Å². The van der Waals surface area contributed by atoms with Gasteiger partial charge in [-0.25, -0.2) is 0 Å². The lowest BCUT2D eigenvalue weighted by Gasteiger charge is -2.19. The molecular weight excluding hydrogens is 396 g/mol. The number of nitrogens with one attached hydrogen (secondary N) is 2. The molecule has 0 saturated carbocycles. The van der Waals surface area contributed by atoms with Gasteiger partial charge >= 0.3 is 0 Å². The lowest BCUT2D eigenvalue weighted by molar-refractivity contribution is 0.287. The van der Waals surface area contributed by atoms with Gasteiger partial charge in [-0.3, -0.25) is 9.67 Å². The zero-order chi connectivity index (χ0) is 20.9. The Bertz CT molecular complexity index is 1000. The molecule has 8 heteroatoms. The maximum Gasteiger partial charge on any atom is 0.121 e. The quantitative estimate of drug-likeness (QED) is 0.318. The van der Waals surface area contributed by atoms with Gasteiger partial charge in [0.2, 0.25) is 0 Å². The fourth-order valence-corrected chi connectivity index (χ4v) is 5.01. The number of hydrogen-bond acceptors (Lipinski definition) is 7. The molecule has 0 spiro atoms. The molecule has 30 heavy (non-hydrogen) atoms. The molecule has 0 aliphatic carbocycles. The number of aliphatic hydroxyl groups excluding tert-OH is 1. The minimum absolute atomic E-state index is 0.160. The smallest absolute Gasteiger partial charge is 0.121 e. The number of aliphatic hydroxyl groups is 1. The largest absolute Gasteiger partial charge is 0.395 e. The number of pyridine rings is 1. The number of likely N-dealkylation sites (N-methyl/N-ethyl adjacent to an activating group) is 1. The molecule has 0 atom stereocenters. The average molecular weight is 427 g/mol. The molecule has 2 aromatic heterocycles. The van der Waals surface area contributed by atoms with Gasteiger partial charge in [-0.05, 0) is 37.4 Å². The van der Waals surface area contributed by atoms with Crippen LogP contribution in [-0.2, 0) is 6.54 Å². The number of fused-ring (bicyclic) bond motifs is 2. The molecule has 0 saturated heterocycles. The predicted octanol–water partition coefficient (Wildman–Crippen LogP) is 2.90. The molecular formula is C22H30N6OS. The number of hydrogen-bond donors (Lipinski definition) is 3. The molecule has 0 bridgehead atoms. The Kier molecular flexibility index (Phi) is 6.89. The summed E-state index contributed by atoms with van der Waals surface area (Å²) in [6.07, 6.45) is 1.85. The van der Waals surface area contributed by atoms with Gasteiger partial charge in [0.25, 0.3) is 0 Å². The third-order valence-corrected chi connectivity index (χ3v) is 6.68. The summed E-state index contributed by atoms with van der Waals surface area (Å²) in [6, 6.07) is 8.45. The maximum absolute atomic E-state index is 8.92. The Labute approximate surface area is 181 Å². The van der Waals surface area contributed by atoms with Crippen molar-refractivity contribution in [2.75, 3.05) is 51.2 Å². The summed E-state index contributed by atoms with van der Waals surface area (Å²) in [5.74, 6) is 0. The van der Waals surface area contributed by atoms with Gasteiger partial charge in [0, 0.05) is 53.2 Å². The van der Waals surface area contributed by atoms with E-state index >= 15 is 0 Å². The van der Waals surface area contributed by atoms with Crippen LogP contribution in [0.15, 0.2) is 40.3 Å². The topological polar surface area (TPSA) is 78.2 Å². The highest BCUT2D eigenvalue weighted by Crippen LogP contribution is 2.49. The van der Waals surface area contributed by atoms with Gasteiger partial charge in [-0.1, -0.05) is 25.6 Å². The first kappa shape index (κ1) is 21.1. The Morgan fingerprint density at radius 2 is 1.97 bits per heavy atom. The number of benzene rings is 1. The van der Waals surface area contributed by atoms with E-state index in [-0.39, 0.29) is 6.61 Å². The van der Waals surface area contributed by atoms with Crippen LogP contribution in [0.5, 0.6) is 0 Å². The van der Waals surface area contributed by atoms with E-state index in [0.717, 1.165) is 61.2 Å². The van der Waals surface area contributed by atoms with E-state index in [4.69, 9.17) is 10.2 Å². The van der Waals surface area contributed by atoms with Crippen molar-refractivity contribution in [3.05, 3.63) is 30.5 Å².